The van der Waals surface area contributed by atoms with Crippen LogP contribution in [0.25, 0.3) is 0 Å². The number of carbonyl (C=O) groups excluding carboxylic acids is 1. The summed E-state index contributed by atoms with van der Waals surface area (Å²) in [5.74, 6) is -3.43. The van der Waals surface area contributed by atoms with Gasteiger partial charge in [-0.15, -0.1) is 0 Å². The van der Waals surface area contributed by atoms with Crippen molar-refractivity contribution < 1.29 is 19.4 Å². The van der Waals surface area contributed by atoms with E-state index in [0.29, 0.717) is 6.42 Å². The minimum absolute atomic E-state index is 0.303. The monoisotopic (exact) mass is 293 g/mol. The summed E-state index contributed by atoms with van der Waals surface area (Å²) in [6, 6.07) is 6.77. The zero-order valence-electron chi connectivity index (χ0n) is 12.9. The number of carbonyl (C=O) groups is 2. The lowest BCUT2D eigenvalue weighted by atomic mass is 9.93. The summed E-state index contributed by atoms with van der Waals surface area (Å²) in [6.07, 6.45) is 0.303. The highest BCUT2D eigenvalue weighted by atomic mass is 16.6. The van der Waals surface area contributed by atoms with Gasteiger partial charge in [0.2, 0.25) is 0 Å². The van der Waals surface area contributed by atoms with Gasteiger partial charge in [-0.25, -0.2) is 0 Å². The second-order valence-corrected chi connectivity index (χ2v) is 6.21. The summed E-state index contributed by atoms with van der Waals surface area (Å²) in [4.78, 5) is 23.4. The number of esters is 1. The molecule has 1 aromatic rings. The van der Waals surface area contributed by atoms with Crippen molar-refractivity contribution >= 4 is 11.9 Å². The smallest absolute Gasteiger partial charge is 0.322 e. The Morgan fingerprint density at radius 1 is 1.33 bits per heavy atom. The van der Waals surface area contributed by atoms with Crippen molar-refractivity contribution in [1.29, 1.82) is 0 Å². The average Bonchev–Trinajstić information content (AvgIpc) is 2.25. The van der Waals surface area contributed by atoms with Gasteiger partial charge in [-0.05, 0) is 39.7 Å². The first-order chi connectivity index (χ1) is 9.60. The lowest BCUT2D eigenvalue weighted by molar-refractivity contribution is -0.167. The summed E-state index contributed by atoms with van der Waals surface area (Å²) in [5.41, 5.74) is 7.16. The number of carboxylic acids is 1. The Balaban J connectivity index is 2.85. The average molecular weight is 293 g/mol. The third-order valence-electron chi connectivity index (χ3n) is 2.91. The Bertz CT molecular complexity index is 519. The van der Waals surface area contributed by atoms with Crippen LogP contribution in [0.5, 0.6) is 0 Å². The van der Waals surface area contributed by atoms with Crippen LogP contribution in [0.2, 0.25) is 0 Å². The molecule has 0 aliphatic heterocycles. The van der Waals surface area contributed by atoms with Crippen LogP contribution in [0.4, 0.5) is 0 Å². The summed E-state index contributed by atoms with van der Waals surface area (Å²) in [5, 5.41) is 9.26. The second-order valence-electron chi connectivity index (χ2n) is 6.21. The number of aliphatic carboxylic acids is 1. The number of carboxylic acid groups (broad SMARTS) is 1. The topological polar surface area (TPSA) is 89.6 Å². The Morgan fingerprint density at radius 3 is 2.43 bits per heavy atom. The van der Waals surface area contributed by atoms with Gasteiger partial charge in [0, 0.05) is 6.04 Å². The molecule has 0 saturated heterocycles. The molecule has 116 valence electrons. The molecule has 0 aliphatic rings. The van der Waals surface area contributed by atoms with Gasteiger partial charge in [0.25, 0.3) is 0 Å². The van der Waals surface area contributed by atoms with Crippen molar-refractivity contribution in [3.63, 3.8) is 0 Å². The molecular weight excluding hydrogens is 270 g/mol. The van der Waals surface area contributed by atoms with Crippen LogP contribution in [-0.2, 0) is 20.7 Å². The van der Waals surface area contributed by atoms with E-state index in [1.807, 2.05) is 31.2 Å². The molecule has 1 aromatic carbocycles. The van der Waals surface area contributed by atoms with Crippen molar-refractivity contribution in [3.8, 4) is 0 Å². The quantitative estimate of drug-likeness (QED) is 0.639. The van der Waals surface area contributed by atoms with Crippen LogP contribution in [0.3, 0.4) is 0 Å². The van der Waals surface area contributed by atoms with E-state index < -0.39 is 29.5 Å². The Kier molecular flexibility index (Phi) is 5.49. The molecule has 0 spiro atoms. The number of aryl methyl sites for hydroxylation is 1. The van der Waals surface area contributed by atoms with E-state index in [1.165, 1.54) is 0 Å². The van der Waals surface area contributed by atoms with E-state index in [4.69, 9.17) is 10.5 Å². The SMILES string of the molecule is Cc1cccc(C[C@H](N)[C@@H](C(=O)O)C(=O)OC(C)(C)C)c1. The number of nitrogens with two attached hydrogens (primary N) is 1. The van der Waals surface area contributed by atoms with Gasteiger partial charge < -0.3 is 15.6 Å². The van der Waals surface area contributed by atoms with Crippen molar-refractivity contribution in [3.05, 3.63) is 35.4 Å². The molecule has 21 heavy (non-hydrogen) atoms. The highest BCUT2D eigenvalue weighted by molar-refractivity contribution is 5.95. The van der Waals surface area contributed by atoms with Gasteiger partial charge in [0.1, 0.15) is 5.60 Å². The highest BCUT2D eigenvalue weighted by Crippen LogP contribution is 2.17. The molecule has 3 N–H and O–H groups in total. The fraction of sp³-hybridized carbons (Fsp3) is 0.500. The van der Waals surface area contributed by atoms with E-state index in [9.17, 15) is 14.7 Å². The van der Waals surface area contributed by atoms with Gasteiger partial charge in [-0.2, -0.15) is 0 Å². The predicted molar refractivity (Wildman–Crippen MR) is 79.8 cm³/mol. The first-order valence-electron chi connectivity index (χ1n) is 6.87. The van der Waals surface area contributed by atoms with Gasteiger partial charge >= 0.3 is 11.9 Å². The second kappa shape index (κ2) is 6.72. The third-order valence-corrected chi connectivity index (χ3v) is 2.91. The Labute approximate surface area is 125 Å². The molecule has 2 atom stereocenters. The van der Waals surface area contributed by atoms with Crippen LogP contribution in [-0.4, -0.2) is 28.7 Å². The third kappa shape index (κ3) is 5.55. The maximum Gasteiger partial charge on any atom is 0.322 e. The molecule has 0 bridgehead atoms. The fourth-order valence-electron chi connectivity index (χ4n) is 2.05. The molecule has 0 amide bonds. The summed E-state index contributed by atoms with van der Waals surface area (Å²) in [7, 11) is 0. The first kappa shape index (κ1) is 17.2. The van der Waals surface area contributed by atoms with Gasteiger partial charge in [-0.1, -0.05) is 29.8 Å². The van der Waals surface area contributed by atoms with E-state index in [2.05, 4.69) is 0 Å². The molecular formula is C16H23NO4. The van der Waals surface area contributed by atoms with Crippen LogP contribution in [0.1, 0.15) is 31.9 Å². The number of rotatable bonds is 5. The Morgan fingerprint density at radius 2 is 1.95 bits per heavy atom. The maximum atomic E-state index is 12.0. The number of hydrogen-bond donors (Lipinski definition) is 2. The van der Waals surface area contributed by atoms with Crippen molar-refractivity contribution in [2.75, 3.05) is 0 Å². The highest BCUT2D eigenvalue weighted by Gasteiger charge is 2.36. The fourth-order valence-corrected chi connectivity index (χ4v) is 2.05. The van der Waals surface area contributed by atoms with E-state index >= 15 is 0 Å². The van der Waals surface area contributed by atoms with Crippen molar-refractivity contribution in [1.82, 2.24) is 0 Å². The molecule has 0 radical (unpaired) electrons. The normalized spacial score (nSPS) is 14.3. The lowest BCUT2D eigenvalue weighted by Crippen LogP contribution is -2.45. The van der Waals surface area contributed by atoms with Gasteiger partial charge in [0.15, 0.2) is 5.92 Å². The summed E-state index contributed by atoms with van der Waals surface area (Å²) < 4.78 is 5.14. The van der Waals surface area contributed by atoms with E-state index in [0.717, 1.165) is 11.1 Å². The molecule has 0 aromatic heterocycles. The van der Waals surface area contributed by atoms with Crippen LogP contribution in [0, 0.1) is 12.8 Å². The van der Waals surface area contributed by atoms with Crippen LogP contribution < -0.4 is 5.73 Å². The van der Waals surface area contributed by atoms with Gasteiger partial charge in [-0.3, -0.25) is 9.59 Å². The maximum absolute atomic E-state index is 12.0. The molecule has 0 fully saturated rings. The van der Waals surface area contributed by atoms with Crippen LogP contribution in [0.15, 0.2) is 24.3 Å². The lowest BCUT2D eigenvalue weighted by Gasteiger charge is -2.25. The molecule has 5 heteroatoms. The van der Waals surface area contributed by atoms with E-state index in [-0.39, 0.29) is 0 Å². The van der Waals surface area contributed by atoms with Crippen molar-refractivity contribution in [2.45, 2.75) is 45.8 Å². The molecule has 5 nitrogen and oxygen atoms in total. The van der Waals surface area contributed by atoms with E-state index in [1.54, 1.807) is 20.8 Å². The minimum atomic E-state index is -1.37. The van der Waals surface area contributed by atoms with Crippen LogP contribution >= 0.6 is 0 Å². The molecule has 0 aliphatic carbocycles. The molecule has 1 rings (SSSR count). The molecule has 0 heterocycles. The summed E-state index contributed by atoms with van der Waals surface area (Å²) in [6.45, 7) is 7.01. The number of hydrogen-bond acceptors (Lipinski definition) is 4. The predicted octanol–water partition coefficient (Wildman–Crippen LogP) is 1.91. The zero-order chi connectivity index (χ0) is 16.2. The number of ether oxygens (including phenoxy) is 1. The van der Waals surface area contributed by atoms with Crippen molar-refractivity contribution in [2.24, 2.45) is 11.7 Å². The largest absolute Gasteiger partial charge is 0.481 e. The van der Waals surface area contributed by atoms with Gasteiger partial charge in [0.05, 0.1) is 0 Å². The zero-order valence-corrected chi connectivity index (χ0v) is 12.9. The first-order valence-corrected chi connectivity index (χ1v) is 6.87. The Hall–Kier alpha value is -1.88. The number of benzene rings is 1. The molecule has 0 unspecified atom stereocenters. The standard InChI is InChI=1S/C16H23NO4/c1-10-6-5-7-11(8-10)9-12(17)13(14(18)19)15(20)21-16(2,3)4/h5-8,12-13H,9,17H2,1-4H3,(H,18,19)/t12-,13-/m0/s1. The summed E-state index contributed by atoms with van der Waals surface area (Å²) >= 11 is 0. The molecule has 0 saturated carbocycles. The minimum Gasteiger partial charge on any atom is -0.481 e.